The first kappa shape index (κ1) is 18.7. The second-order valence-electron chi connectivity index (χ2n) is 6.56. The van der Waals surface area contributed by atoms with Crippen molar-refractivity contribution in [2.75, 3.05) is 5.32 Å². The molecule has 4 rings (SSSR count). The highest BCUT2D eigenvalue weighted by atomic mass is 35.5. The van der Waals surface area contributed by atoms with Gasteiger partial charge in [0, 0.05) is 20.8 Å². The van der Waals surface area contributed by atoms with E-state index in [1.165, 1.54) is 4.68 Å². The molecule has 0 fully saturated rings. The van der Waals surface area contributed by atoms with Gasteiger partial charge in [-0.1, -0.05) is 42.8 Å². The predicted molar refractivity (Wildman–Crippen MR) is 116 cm³/mol. The van der Waals surface area contributed by atoms with Crippen LogP contribution in [0.25, 0.3) is 20.2 Å². The number of aryl methyl sites for hydroxylation is 1. The highest BCUT2D eigenvalue weighted by Gasteiger charge is 2.24. The molecule has 28 heavy (non-hydrogen) atoms. The predicted octanol–water partition coefficient (Wildman–Crippen LogP) is 5.16. The van der Waals surface area contributed by atoms with Crippen molar-refractivity contribution < 1.29 is 4.79 Å². The van der Waals surface area contributed by atoms with Gasteiger partial charge >= 0.3 is 0 Å². The van der Waals surface area contributed by atoms with Crippen LogP contribution in [-0.4, -0.2) is 15.7 Å². The Kier molecular flexibility index (Phi) is 4.91. The Morgan fingerprint density at radius 3 is 2.79 bits per heavy atom. The van der Waals surface area contributed by atoms with E-state index in [1.807, 2.05) is 38.1 Å². The van der Waals surface area contributed by atoms with Crippen molar-refractivity contribution in [3.63, 3.8) is 0 Å². The largest absolute Gasteiger partial charge is 0.324 e. The van der Waals surface area contributed by atoms with Crippen LogP contribution < -0.4 is 10.9 Å². The van der Waals surface area contributed by atoms with E-state index in [-0.39, 0.29) is 11.5 Å². The number of carbonyl (C=O) groups excluding carboxylic acids is 1. The number of hydrogen-bond donors (Lipinski definition) is 1. The third-order valence-electron chi connectivity index (χ3n) is 4.68. The average molecular weight is 412 g/mol. The van der Waals surface area contributed by atoms with Gasteiger partial charge in [-0.25, -0.2) is 4.68 Å². The van der Waals surface area contributed by atoms with Crippen molar-refractivity contribution in [1.82, 2.24) is 9.78 Å². The van der Waals surface area contributed by atoms with Crippen molar-refractivity contribution in [2.45, 2.75) is 26.3 Å². The summed E-state index contributed by atoms with van der Waals surface area (Å²) in [7, 11) is 0. The summed E-state index contributed by atoms with van der Waals surface area (Å²) in [5, 5.41) is 9.37. The topological polar surface area (TPSA) is 64.0 Å². The minimum atomic E-state index is -0.715. The number of fused-ring (bicyclic) bond motifs is 3. The fraction of sp³-hybridized carbons (Fsp3) is 0.190. The molecule has 0 radical (unpaired) electrons. The minimum Gasteiger partial charge on any atom is -0.324 e. The molecule has 0 bridgehead atoms. The first-order valence-electron chi connectivity index (χ1n) is 8.96. The number of aromatic nitrogens is 2. The number of benzene rings is 2. The molecule has 0 aliphatic rings. The molecule has 142 valence electrons. The molecule has 5 nitrogen and oxygen atoms in total. The van der Waals surface area contributed by atoms with E-state index in [4.69, 9.17) is 11.6 Å². The van der Waals surface area contributed by atoms with Gasteiger partial charge in [0.2, 0.25) is 5.91 Å². The van der Waals surface area contributed by atoms with Gasteiger partial charge in [0.15, 0.2) is 0 Å². The van der Waals surface area contributed by atoms with Gasteiger partial charge in [0.25, 0.3) is 5.56 Å². The number of anilines is 1. The number of nitrogens with zero attached hydrogens (tertiary/aromatic N) is 2. The standard InChI is InChI=1S/C21H18ClN3O2S/c1-3-16(20(26)23-14-8-6-7-13(22)11-14)25-21(27)18-15-9-4-5-10-17(15)28-19(18)12(2)24-25/h4-11,16H,3H2,1-2H3,(H,23,26). The van der Waals surface area contributed by atoms with Crippen molar-refractivity contribution in [3.05, 3.63) is 69.6 Å². The summed E-state index contributed by atoms with van der Waals surface area (Å²) in [6.07, 6.45) is 0.437. The van der Waals surface area contributed by atoms with Crippen molar-refractivity contribution in [3.8, 4) is 0 Å². The van der Waals surface area contributed by atoms with Gasteiger partial charge in [-0.15, -0.1) is 11.3 Å². The summed E-state index contributed by atoms with van der Waals surface area (Å²) in [5.41, 5.74) is 1.08. The summed E-state index contributed by atoms with van der Waals surface area (Å²) in [6.45, 7) is 3.73. The molecule has 0 aliphatic carbocycles. The van der Waals surface area contributed by atoms with Crippen LogP contribution in [0.5, 0.6) is 0 Å². The molecular weight excluding hydrogens is 394 g/mol. The van der Waals surface area contributed by atoms with E-state index in [0.717, 1.165) is 20.5 Å². The zero-order valence-corrected chi connectivity index (χ0v) is 17.0. The number of amides is 1. The van der Waals surface area contributed by atoms with E-state index in [1.54, 1.807) is 35.6 Å². The number of hydrogen-bond acceptors (Lipinski definition) is 4. The molecule has 0 saturated carbocycles. The lowest BCUT2D eigenvalue weighted by Crippen LogP contribution is -2.35. The van der Waals surface area contributed by atoms with Crippen LogP contribution in [0, 0.1) is 6.92 Å². The summed E-state index contributed by atoms with van der Waals surface area (Å²) >= 11 is 7.55. The molecule has 2 heterocycles. The Morgan fingerprint density at radius 2 is 2.04 bits per heavy atom. The van der Waals surface area contributed by atoms with Crippen LogP contribution >= 0.6 is 22.9 Å². The van der Waals surface area contributed by atoms with Crippen molar-refractivity contribution >= 4 is 54.7 Å². The highest BCUT2D eigenvalue weighted by Crippen LogP contribution is 2.33. The molecule has 0 aliphatic heterocycles. The third-order valence-corrected chi connectivity index (χ3v) is 6.20. The lowest BCUT2D eigenvalue weighted by molar-refractivity contribution is -0.119. The quantitative estimate of drug-likeness (QED) is 0.504. The fourth-order valence-electron chi connectivity index (χ4n) is 3.35. The zero-order valence-electron chi connectivity index (χ0n) is 15.4. The molecule has 1 unspecified atom stereocenters. The molecule has 2 aromatic heterocycles. The lowest BCUT2D eigenvalue weighted by Gasteiger charge is -2.17. The SMILES string of the molecule is CCC(C(=O)Nc1cccc(Cl)c1)n1nc(C)c2sc3ccccc3c2c1=O. The second kappa shape index (κ2) is 7.37. The van der Waals surface area contributed by atoms with E-state index >= 15 is 0 Å². The molecule has 2 aromatic carbocycles. The van der Waals surface area contributed by atoms with Crippen LogP contribution in [0.4, 0.5) is 5.69 Å². The number of carbonyl (C=O) groups is 1. The summed E-state index contributed by atoms with van der Waals surface area (Å²) in [4.78, 5) is 26.2. The molecule has 1 atom stereocenters. The first-order valence-corrected chi connectivity index (χ1v) is 10.2. The monoisotopic (exact) mass is 411 g/mol. The Balaban J connectivity index is 1.82. The molecular formula is C21H18ClN3O2S. The van der Waals surface area contributed by atoms with Crippen molar-refractivity contribution in [1.29, 1.82) is 0 Å². The maximum atomic E-state index is 13.3. The van der Waals surface area contributed by atoms with Gasteiger partial charge in [-0.2, -0.15) is 5.10 Å². The van der Waals surface area contributed by atoms with E-state index in [0.29, 0.717) is 22.5 Å². The average Bonchev–Trinajstić information content (AvgIpc) is 3.07. The Bertz CT molecular complexity index is 1260. The normalized spacial score (nSPS) is 12.4. The number of thiophene rings is 1. The Labute approximate surface area is 170 Å². The van der Waals surface area contributed by atoms with Gasteiger partial charge in [-0.3, -0.25) is 9.59 Å². The molecule has 4 aromatic rings. The van der Waals surface area contributed by atoms with Gasteiger partial charge < -0.3 is 5.32 Å². The van der Waals surface area contributed by atoms with E-state index in [9.17, 15) is 9.59 Å². The van der Waals surface area contributed by atoms with Crippen LogP contribution in [0.3, 0.4) is 0 Å². The van der Waals surface area contributed by atoms with Crippen LogP contribution in [-0.2, 0) is 4.79 Å². The van der Waals surface area contributed by atoms with E-state index < -0.39 is 6.04 Å². The van der Waals surface area contributed by atoms with Crippen LogP contribution in [0.1, 0.15) is 25.1 Å². The lowest BCUT2D eigenvalue weighted by atomic mass is 10.1. The Morgan fingerprint density at radius 1 is 1.25 bits per heavy atom. The zero-order chi connectivity index (χ0) is 19.8. The molecule has 1 N–H and O–H groups in total. The number of halogens is 1. The van der Waals surface area contributed by atoms with Crippen molar-refractivity contribution in [2.24, 2.45) is 0 Å². The van der Waals surface area contributed by atoms with Crippen LogP contribution in [0.2, 0.25) is 5.02 Å². The van der Waals surface area contributed by atoms with E-state index in [2.05, 4.69) is 10.4 Å². The summed E-state index contributed by atoms with van der Waals surface area (Å²) in [5.74, 6) is -0.294. The third kappa shape index (κ3) is 3.19. The molecule has 0 spiro atoms. The minimum absolute atomic E-state index is 0.244. The molecule has 1 amide bonds. The molecule has 7 heteroatoms. The fourth-order valence-corrected chi connectivity index (χ4v) is 4.68. The van der Waals surface area contributed by atoms with Gasteiger partial charge in [0.05, 0.1) is 15.8 Å². The summed E-state index contributed by atoms with van der Waals surface area (Å²) in [6, 6.07) is 14.0. The number of nitrogens with one attached hydrogen (secondary N) is 1. The van der Waals surface area contributed by atoms with Gasteiger partial charge in [-0.05, 0) is 37.6 Å². The highest BCUT2D eigenvalue weighted by molar-refractivity contribution is 7.26. The first-order chi connectivity index (χ1) is 13.5. The Hall–Kier alpha value is -2.70. The van der Waals surface area contributed by atoms with Crippen LogP contribution in [0.15, 0.2) is 53.3 Å². The molecule has 0 saturated heterocycles. The van der Waals surface area contributed by atoms with Gasteiger partial charge in [0.1, 0.15) is 6.04 Å². The number of rotatable bonds is 4. The maximum absolute atomic E-state index is 13.3. The second-order valence-corrected chi connectivity index (χ2v) is 8.05. The summed E-state index contributed by atoms with van der Waals surface area (Å²) < 4.78 is 3.22. The smallest absolute Gasteiger partial charge is 0.276 e. The maximum Gasteiger partial charge on any atom is 0.276 e.